The molecule has 0 heterocycles. The second kappa shape index (κ2) is 14.3. The average Bonchev–Trinajstić information content (AvgIpc) is 2.30. The van der Waals surface area contributed by atoms with Gasteiger partial charge in [0.25, 0.3) is 0 Å². The molecular formula is C12H28N2O2S. The molecule has 4 nitrogen and oxygen atoms in total. The molecule has 0 aliphatic heterocycles. The lowest BCUT2D eigenvalue weighted by Gasteiger charge is -2.09. The highest BCUT2D eigenvalue weighted by Gasteiger charge is 1.93. The molecule has 0 saturated heterocycles. The van der Waals surface area contributed by atoms with Gasteiger partial charge in [-0.25, -0.2) is 0 Å². The number of rotatable bonds is 13. The van der Waals surface area contributed by atoms with Gasteiger partial charge in [-0.3, -0.25) is 0 Å². The van der Waals surface area contributed by atoms with E-state index in [2.05, 4.69) is 30.7 Å². The summed E-state index contributed by atoms with van der Waals surface area (Å²) in [4.78, 5) is 0. The Kier molecular flexibility index (Phi) is 14.4. The topological polar surface area (TPSA) is 42.5 Å². The van der Waals surface area contributed by atoms with E-state index in [-0.39, 0.29) is 0 Å². The number of hydrogen-bond acceptors (Lipinski definition) is 5. The third-order valence-electron chi connectivity index (χ3n) is 2.08. The summed E-state index contributed by atoms with van der Waals surface area (Å²) in [6.45, 7) is 10.1. The molecule has 0 aromatic carbocycles. The Labute approximate surface area is 110 Å². The first-order valence-electron chi connectivity index (χ1n) is 6.36. The van der Waals surface area contributed by atoms with Crippen LogP contribution < -0.4 is 10.6 Å². The van der Waals surface area contributed by atoms with E-state index in [4.69, 9.17) is 9.47 Å². The second-order valence-electron chi connectivity index (χ2n) is 4.08. The summed E-state index contributed by atoms with van der Waals surface area (Å²) >= 11 is 1.85. The molecule has 0 fully saturated rings. The monoisotopic (exact) mass is 264 g/mol. The van der Waals surface area contributed by atoms with Crippen LogP contribution in [-0.2, 0) is 9.47 Å². The van der Waals surface area contributed by atoms with Crippen molar-refractivity contribution in [2.45, 2.75) is 19.9 Å². The molecule has 0 atom stereocenters. The molecule has 2 N–H and O–H groups in total. The van der Waals surface area contributed by atoms with E-state index >= 15 is 0 Å². The van der Waals surface area contributed by atoms with E-state index in [0.717, 1.165) is 38.6 Å². The van der Waals surface area contributed by atoms with Gasteiger partial charge in [-0.1, -0.05) is 13.8 Å². The Morgan fingerprint density at radius 3 is 2.18 bits per heavy atom. The third kappa shape index (κ3) is 16.2. The molecule has 5 heteroatoms. The fourth-order valence-corrected chi connectivity index (χ4v) is 1.53. The van der Waals surface area contributed by atoms with Crippen LogP contribution in [0, 0.1) is 0 Å². The largest absolute Gasteiger partial charge is 0.378 e. The predicted molar refractivity (Wildman–Crippen MR) is 76.0 cm³/mol. The molecule has 104 valence electrons. The molecule has 0 radical (unpaired) electrons. The normalized spacial score (nSPS) is 11.3. The van der Waals surface area contributed by atoms with Gasteiger partial charge in [0.15, 0.2) is 0 Å². The zero-order chi connectivity index (χ0) is 12.8. The molecule has 0 aliphatic carbocycles. The maximum atomic E-state index is 5.43. The van der Waals surface area contributed by atoms with Crippen molar-refractivity contribution in [2.24, 2.45) is 0 Å². The van der Waals surface area contributed by atoms with Gasteiger partial charge < -0.3 is 20.1 Å². The van der Waals surface area contributed by atoms with E-state index in [9.17, 15) is 0 Å². The smallest absolute Gasteiger partial charge is 0.0701 e. The molecular weight excluding hydrogens is 236 g/mol. The number of ether oxygens (including phenoxy) is 2. The van der Waals surface area contributed by atoms with E-state index in [1.165, 1.54) is 0 Å². The third-order valence-corrected chi connectivity index (χ3v) is 2.69. The highest BCUT2D eigenvalue weighted by Crippen LogP contribution is 1.86. The van der Waals surface area contributed by atoms with Crippen molar-refractivity contribution >= 4 is 11.8 Å². The van der Waals surface area contributed by atoms with Crippen LogP contribution in [0.25, 0.3) is 0 Å². The lowest BCUT2D eigenvalue weighted by Crippen LogP contribution is -2.27. The average molecular weight is 264 g/mol. The zero-order valence-corrected chi connectivity index (χ0v) is 12.3. The first kappa shape index (κ1) is 17.2. The Hall–Kier alpha value is 0.190. The van der Waals surface area contributed by atoms with Crippen molar-refractivity contribution in [2.75, 3.05) is 58.1 Å². The molecule has 0 aromatic rings. The van der Waals surface area contributed by atoms with E-state index in [1.807, 2.05) is 11.8 Å². The quantitative estimate of drug-likeness (QED) is 0.485. The van der Waals surface area contributed by atoms with Crippen molar-refractivity contribution < 1.29 is 9.47 Å². The number of hydrogen-bond donors (Lipinski definition) is 2. The van der Waals surface area contributed by atoms with Crippen LogP contribution in [0.2, 0.25) is 0 Å². The summed E-state index contributed by atoms with van der Waals surface area (Å²) in [7, 11) is 0. The summed E-state index contributed by atoms with van der Waals surface area (Å²) in [5, 5.41) is 6.61. The summed E-state index contributed by atoms with van der Waals surface area (Å²) in [6, 6.07) is 0.530. The van der Waals surface area contributed by atoms with Crippen molar-refractivity contribution in [1.82, 2.24) is 10.6 Å². The van der Waals surface area contributed by atoms with Gasteiger partial charge in [-0.05, 0) is 6.26 Å². The van der Waals surface area contributed by atoms with Gasteiger partial charge >= 0.3 is 0 Å². The molecule has 0 rings (SSSR count). The van der Waals surface area contributed by atoms with Gasteiger partial charge in [0, 0.05) is 31.4 Å². The first-order valence-corrected chi connectivity index (χ1v) is 7.75. The highest BCUT2D eigenvalue weighted by atomic mass is 32.2. The van der Waals surface area contributed by atoms with E-state index < -0.39 is 0 Å². The molecule has 17 heavy (non-hydrogen) atoms. The van der Waals surface area contributed by atoms with Crippen LogP contribution in [0.15, 0.2) is 0 Å². The first-order chi connectivity index (χ1) is 8.27. The Bertz CT molecular complexity index is 148. The minimum Gasteiger partial charge on any atom is -0.378 e. The van der Waals surface area contributed by atoms with E-state index in [1.54, 1.807) is 0 Å². The fraction of sp³-hybridized carbons (Fsp3) is 1.00. The summed E-state index contributed by atoms with van der Waals surface area (Å²) in [5.41, 5.74) is 0. The molecule has 0 unspecified atom stereocenters. The van der Waals surface area contributed by atoms with Crippen molar-refractivity contribution in [1.29, 1.82) is 0 Å². The van der Waals surface area contributed by atoms with Crippen LogP contribution in [0.1, 0.15) is 13.8 Å². The van der Waals surface area contributed by atoms with Gasteiger partial charge in [-0.15, -0.1) is 0 Å². The van der Waals surface area contributed by atoms with E-state index in [0.29, 0.717) is 19.3 Å². The molecule has 0 spiro atoms. The molecule has 0 bridgehead atoms. The summed E-state index contributed by atoms with van der Waals surface area (Å²) < 4.78 is 10.8. The van der Waals surface area contributed by atoms with Gasteiger partial charge in [-0.2, -0.15) is 11.8 Å². The SMILES string of the molecule is CSCCNCCOCCOCCNC(C)C. The number of nitrogens with one attached hydrogen (secondary N) is 2. The maximum Gasteiger partial charge on any atom is 0.0701 e. The molecule has 0 amide bonds. The van der Waals surface area contributed by atoms with Crippen LogP contribution in [-0.4, -0.2) is 64.1 Å². The Morgan fingerprint density at radius 1 is 0.941 bits per heavy atom. The Balaban J connectivity index is 2.89. The molecule has 0 saturated carbocycles. The van der Waals surface area contributed by atoms with Crippen molar-refractivity contribution in [3.63, 3.8) is 0 Å². The lowest BCUT2D eigenvalue weighted by atomic mass is 10.4. The van der Waals surface area contributed by atoms with Crippen molar-refractivity contribution in [3.05, 3.63) is 0 Å². The maximum absolute atomic E-state index is 5.43. The van der Waals surface area contributed by atoms with Crippen LogP contribution in [0.5, 0.6) is 0 Å². The molecule has 0 aliphatic rings. The van der Waals surface area contributed by atoms with Crippen LogP contribution in [0.4, 0.5) is 0 Å². The number of thioether (sulfide) groups is 1. The van der Waals surface area contributed by atoms with Gasteiger partial charge in [0.1, 0.15) is 0 Å². The van der Waals surface area contributed by atoms with Crippen LogP contribution >= 0.6 is 11.8 Å². The minimum absolute atomic E-state index is 0.530. The van der Waals surface area contributed by atoms with Crippen LogP contribution in [0.3, 0.4) is 0 Å². The zero-order valence-electron chi connectivity index (χ0n) is 11.5. The summed E-state index contributed by atoms with van der Waals surface area (Å²) in [5.74, 6) is 1.16. The molecule has 0 aromatic heterocycles. The standard InChI is InChI=1S/C12H28N2O2S/c1-12(2)14-5-8-16-10-9-15-7-4-13-6-11-17-3/h12-14H,4-11H2,1-3H3. The van der Waals surface area contributed by atoms with Gasteiger partial charge in [0.05, 0.1) is 26.4 Å². The lowest BCUT2D eigenvalue weighted by molar-refractivity contribution is 0.0496. The highest BCUT2D eigenvalue weighted by molar-refractivity contribution is 7.98. The fourth-order valence-electron chi connectivity index (χ4n) is 1.19. The van der Waals surface area contributed by atoms with Gasteiger partial charge in [0.2, 0.25) is 0 Å². The Morgan fingerprint density at radius 2 is 1.59 bits per heavy atom. The summed E-state index contributed by atoms with van der Waals surface area (Å²) in [6.07, 6.45) is 2.11. The van der Waals surface area contributed by atoms with Crippen molar-refractivity contribution in [3.8, 4) is 0 Å². The predicted octanol–water partition coefficient (Wildman–Crippen LogP) is 0.970. The second-order valence-corrected chi connectivity index (χ2v) is 5.06. The minimum atomic E-state index is 0.530.